The molecule has 1 atom stereocenters. The van der Waals surface area contributed by atoms with Crippen molar-refractivity contribution in [2.75, 3.05) is 19.6 Å². The average Bonchev–Trinajstić information content (AvgIpc) is 2.45. The van der Waals surface area contributed by atoms with Crippen LogP contribution >= 0.6 is 0 Å². The quantitative estimate of drug-likeness (QED) is 0.726. The topological polar surface area (TPSA) is 95.7 Å². The summed E-state index contributed by atoms with van der Waals surface area (Å²) in [7, 11) is 0. The standard InChI is InChI=1S/C14H19N3O3/c15-13(19)9-17(10-4-3-7-16-8-10)14(20)11-5-1-2-6-12(11)18/h1-2,5-6,10,16,18H,3-4,7-9H2,(H2,15,19). The molecule has 0 radical (unpaired) electrons. The van der Waals surface area contributed by atoms with Crippen LogP contribution in [0.1, 0.15) is 23.2 Å². The van der Waals surface area contributed by atoms with Crippen molar-refractivity contribution in [2.24, 2.45) is 5.73 Å². The number of amides is 2. The number of para-hydroxylation sites is 1. The van der Waals surface area contributed by atoms with E-state index in [1.54, 1.807) is 18.2 Å². The summed E-state index contributed by atoms with van der Waals surface area (Å²) < 4.78 is 0. The van der Waals surface area contributed by atoms with Gasteiger partial charge in [0.1, 0.15) is 5.75 Å². The fraction of sp³-hybridized carbons (Fsp3) is 0.429. The molecule has 0 aliphatic carbocycles. The first-order valence-electron chi connectivity index (χ1n) is 6.67. The third-order valence-corrected chi connectivity index (χ3v) is 3.43. The van der Waals surface area contributed by atoms with Gasteiger partial charge in [0.2, 0.25) is 5.91 Å². The Labute approximate surface area is 117 Å². The van der Waals surface area contributed by atoms with E-state index >= 15 is 0 Å². The van der Waals surface area contributed by atoms with E-state index in [2.05, 4.69) is 5.32 Å². The second-order valence-electron chi connectivity index (χ2n) is 4.92. The summed E-state index contributed by atoms with van der Waals surface area (Å²) in [4.78, 5) is 25.2. The molecule has 6 heteroatoms. The smallest absolute Gasteiger partial charge is 0.258 e. The maximum atomic E-state index is 12.5. The van der Waals surface area contributed by atoms with Gasteiger partial charge in [0.15, 0.2) is 0 Å². The molecule has 1 unspecified atom stereocenters. The van der Waals surface area contributed by atoms with Crippen LogP contribution in [0.25, 0.3) is 0 Å². The van der Waals surface area contributed by atoms with Gasteiger partial charge in [0.05, 0.1) is 12.1 Å². The van der Waals surface area contributed by atoms with Gasteiger partial charge in [0.25, 0.3) is 5.91 Å². The normalized spacial score (nSPS) is 18.5. The lowest BCUT2D eigenvalue weighted by Gasteiger charge is -2.34. The summed E-state index contributed by atoms with van der Waals surface area (Å²) in [5, 5.41) is 13.0. The van der Waals surface area contributed by atoms with Crippen LogP contribution in [-0.2, 0) is 4.79 Å². The maximum Gasteiger partial charge on any atom is 0.258 e. The van der Waals surface area contributed by atoms with Crippen molar-refractivity contribution >= 4 is 11.8 Å². The Kier molecular flexibility index (Phi) is 4.57. The van der Waals surface area contributed by atoms with Gasteiger partial charge in [0, 0.05) is 12.6 Å². The largest absolute Gasteiger partial charge is 0.507 e. The minimum atomic E-state index is -0.556. The molecule has 2 amide bonds. The van der Waals surface area contributed by atoms with E-state index in [1.165, 1.54) is 11.0 Å². The van der Waals surface area contributed by atoms with E-state index in [1.807, 2.05) is 0 Å². The highest BCUT2D eigenvalue weighted by Gasteiger charge is 2.28. The van der Waals surface area contributed by atoms with Gasteiger partial charge < -0.3 is 21.1 Å². The molecule has 0 bridgehead atoms. The fourth-order valence-corrected chi connectivity index (χ4v) is 2.44. The van der Waals surface area contributed by atoms with Crippen molar-refractivity contribution in [3.63, 3.8) is 0 Å². The van der Waals surface area contributed by atoms with E-state index in [0.29, 0.717) is 6.54 Å². The second-order valence-corrected chi connectivity index (χ2v) is 4.92. The predicted octanol–water partition coefficient (Wildman–Crippen LogP) is 0.0717. The molecule has 1 saturated heterocycles. The first-order valence-corrected chi connectivity index (χ1v) is 6.67. The summed E-state index contributed by atoms with van der Waals surface area (Å²) >= 11 is 0. The van der Waals surface area contributed by atoms with Crippen LogP contribution in [0, 0.1) is 0 Å². The molecule has 1 aromatic rings. The number of nitrogens with two attached hydrogens (primary N) is 1. The molecule has 108 valence electrons. The number of carbonyl (C=O) groups is 2. The molecular formula is C14H19N3O3. The number of primary amides is 1. The molecule has 0 saturated carbocycles. The highest BCUT2D eigenvalue weighted by atomic mass is 16.3. The van der Waals surface area contributed by atoms with E-state index in [-0.39, 0.29) is 29.8 Å². The molecule has 0 aromatic heterocycles. The number of nitrogens with zero attached hydrogens (tertiary/aromatic N) is 1. The third kappa shape index (κ3) is 3.27. The fourth-order valence-electron chi connectivity index (χ4n) is 2.44. The molecule has 6 nitrogen and oxygen atoms in total. The summed E-state index contributed by atoms with van der Waals surface area (Å²) in [5.41, 5.74) is 5.43. The Bertz CT molecular complexity index is 498. The number of benzene rings is 1. The lowest BCUT2D eigenvalue weighted by atomic mass is 10.0. The Morgan fingerprint density at radius 3 is 2.75 bits per heavy atom. The number of piperidine rings is 1. The Morgan fingerprint density at radius 2 is 2.15 bits per heavy atom. The SMILES string of the molecule is NC(=O)CN(C(=O)c1ccccc1O)C1CCCNC1. The van der Waals surface area contributed by atoms with Crippen molar-refractivity contribution in [2.45, 2.75) is 18.9 Å². The molecule has 1 aliphatic rings. The van der Waals surface area contributed by atoms with Gasteiger partial charge in [-0.2, -0.15) is 0 Å². The number of rotatable bonds is 4. The Hall–Kier alpha value is -2.08. The molecule has 1 fully saturated rings. The number of aromatic hydroxyl groups is 1. The Morgan fingerprint density at radius 1 is 1.40 bits per heavy atom. The van der Waals surface area contributed by atoms with Gasteiger partial charge in [-0.15, -0.1) is 0 Å². The van der Waals surface area contributed by atoms with Crippen LogP contribution in [-0.4, -0.2) is 47.5 Å². The van der Waals surface area contributed by atoms with E-state index < -0.39 is 5.91 Å². The number of hydrogen-bond donors (Lipinski definition) is 3. The second kappa shape index (κ2) is 6.38. The summed E-state index contributed by atoms with van der Waals surface area (Å²) in [5.74, 6) is -1.01. The molecule has 1 aliphatic heterocycles. The maximum absolute atomic E-state index is 12.5. The van der Waals surface area contributed by atoms with Crippen molar-refractivity contribution in [1.29, 1.82) is 0 Å². The van der Waals surface area contributed by atoms with Crippen molar-refractivity contribution in [1.82, 2.24) is 10.2 Å². The molecular weight excluding hydrogens is 258 g/mol. The summed E-state index contributed by atoms with van der Waals surface area (Å²) in [6, 6.07) is 6.24. The third-order valence-electron chi connectivity index (χ3n) is 3.43. The monoisotopic (exact) mass is 277 g/mol. The molecule has 1 aromatic carbocycles. The minimum Gasteiger partial charge on any atom is -0.507 e. The van der Waals surface area contributed by atoms with Crippen LogP contribution in [0.4, 0.5) is 0 Å². The van der Waals surface area contributed by atoms with Gasteiger partial charge in [-0.3, -0.25) is 9.59 Å². The van der Waals surface area contributed by atoms with Crippen LogP contribution in [0.3, 0.4) is 0 Å². The number of phenolic OH excluding ortho intramolecular Hbond substituents is 1. The molecule has 0 spiro atoms. The van der Waals surface area contributed by atoms with Gasteiger partial charge in [-0.25, -0.2) is 0 Å². The van der Waals surface area contributed by atoms with Crippen LogP contribution in [0.2, 0.25) is 0 Å². The molecule has 1 heterocycles. The predicted molar refractivity (Wildman–Crippen MR) is 74.2 cm³/mol. The van der Waals surface area contributed by atoms with E-state index in [4.69, 9.17) is 5.73 Å². The summed E-state index contributed by atoms with van der Waals surface area (Å²) in [6.45, 7) is 1.40. The zero-order valence-electron chi connectivity index (χ0n) is 11.2. The lowest BCUT2D eigenvalue weighted by molar-refractivity contribution is -0.119. The molecule has 4 N–H and O–H groups in total. The highest BCUT2D eigenvalue weighted by molar-refractivity contribution is 5.98. The van der Waals surface area contributed by atoms with E-state index in [0.717, 1.165) is 19.4 Å². The summed E-state index contributed by atoms with van der Waals surface area (Å²) in [6.07, 6.45) is 1.76. The minimum absolute atomic E-state index is 0.0802. The lowest BCUT2D eigenvalue weighted by Crippen LogP contribution is -2.51. The van der Waals surface area contributed by atoms with Crippen molar-refractivity contribution in [3.05, 3.63) is 29.8 Å². The highest BCUT2D eigenvalue weighted by Crippen LogP contribution is 2.20. The number of hydrogen-bond acceptors (Lipinski definition) is 4. The van der Waals surface area contributed by atoms with Crippen LogP contribution < -0.4 is 11.1 Å². The average molecular weight is 277 g/mol. The van der Waals surface area contributed by atoms with Crippen molar-refractivity contribution in [3.8, 4) is 5.75 Å². The number of carbonyl (C=O) groups excluding carboxylic acids is 2. The number of phenols is 1. The number of nitrogens with one attached hydrogen (secondary N) is 1. The van der Waals surface area contributed by atoms with Crippen LogP contribution in [0.15, 0.2) is 24.3 Å². The Balaban J connectivity index is 2.23. The zero-order valence-corrected chi connectivity index (χ0v) is 11.2. The van der Waals surface area contributed by atoms with Crippen LogP contribution in [0.5, 0.6) is 5.75 Å². The first kappa shape index (κ1) is 14.3. The van der Waals surface area contributed by atoms with Crippen molar-refractivity contribution < 1.29 is 14.7 Å². The van der Waals surface area contributed by atoms with Gasteiger partial charge in [-0.1, -0.05) is 12.1 Å². The van der Waals surface area contributed by atoms with Gasteiger partial charge in [-0.05, 0) is 31.5 Å². The zero-order chi connectivity index (χ0) is 14.5. The van der Waals surface area contributed by atoms with Gasteiger partial charge >= 0.3 is 0 Å². The van der Waals surface area contributed by atoms with E-state index in [9.17, 15) is 14.7 Å². The first-order chi connectivity index (χ1) is 9.59. The molecule has 20 heavy (non-hydrogen) atoms. The molecule has 2 rings (SSSR count).